The van der Waals surface area contributed by atoms with Gasteiger partial charge in [0.2, 0.25) is 5.95 Å². The molecule has 8 nitrogen and oxygen atoms in total. The molecule has 8 heteroatoms. The van der Waals surface area contributed by atoms with Crippen LogP contribution in [0, 0.1) is 0 Å². The van der Waals surface area contributed by atoms with E-state index in [0.717, 1.165) is 0 Å². The van der Waals surface area contributed by atoms with E-state index in [4.69, 9.17) is 4.74 Å². The van der Waals surface area contributed by atoms with Crippen molar-refractivity contribution in [1.29, 1.82) is 0 Å². The van der Waals surface area contributed by atoms with Gasteiger partial charge in [-0.2, -0.15) is 0 Å². The quantitative estimate of drug-likeness (QED) is 0.797. The van der Waals surface area contributed by atoms with Crippen molar-refractivity contribution in [1.82, 2.24) is 19.4 Å². The second kappa shape index (κ2) is 6.69. The van der Waals surface area contributed by atoms with Crippen LogP contribution in [0.1, 0.15) is 10.4 Å². The molecule has 1 amide bonds. The molecular formula is C16H19N5O3. The van der Waals surface area contributed by atoms with E-state index in [1.54, 1.807) is 30.4 Å². The number of methoxy groups -OCH3 is 1. The fourth-order valence-corrected chi connectivity index (χ4v) is 2.68. The van der Waals surface area contributed by atoms with Gasteiger partial charge in [0.15, 0.2) is 0 Å². The molecule has 0 unspecified atom stereocenters. The fraction of sp³-hybridized carbons (Fsp3) is 0.375. The second-order valence-electron chi connectivity index (χ2n) is 5.53. The van der Waals surface area contributed by atoms with Crippen LogP contribution in [0.15, 0.2) is 35.5 Å². The highest BCUT2D eigenvalue weighted by Gasteiger charge is 2.25. The SMILES string of the molecule is COc1cc(=O)n(C)cc1C(=O)N1CCN(c2ncccn2)CC1. The molecule has 1 fully saturated rings. The molecule has 3 heterocycles. The molecule has 0 bridgehead atoms. The lowest BCUT2D eigenvalue weighted by Crippen LogP contribution is -2.49. The molecule has 1 aliphatic rings. The van der Waals surface area contributed by atoms with Gasteiger partial charge in [0.1, 0.15) is 5.75 Å². The highest BCUT2D eigenvalue weighted by Crippen LogP contribution is 2.19. The summed E-state index contributed by atoms with van der Waals surface area (Å²) in [7, 11) is 3.07. The maximum absolute atomic E-state index is 12.8. The largest absolute Gasteiger partial charge is 0.496 e. The van der Waals surface area contributed by atoms with E-state index >= 15 is 0 Å². The Balaban J connectivity index is 1.74. The van der Waals surface area contributed by atoms with E-state index in [1.165, 1.54) is 23.9 Å². The Bertz CT molecular complexity index is 782. The smallest absolute Gasteiger partial charge is 0.259 e. The van der Waals surface area contributed by atoms with Gasteiger partial charge in [-0.3, -0.25) is 9.59 Å². The minimum absolute atomic E-state index is 0.143. The van der Waals surface area contributed by atoms with Crippen LogP contribution in [0.25, 0.3) is 0 Å². The monoisotopic (exact) mass is 329 g/mol. The van der Waals surface area contributed by atoms with Gasteiger partial charge in [-0.05, 0) is 6.07 Å². The van der Waals surface area contributed by atoms with Gasteiger partial charge in [0.05, 0.1) is 12.7 Å². The zero-order valence-electron chi connectivity index (χ0n) is 13.7. The van der Waals surface area contributed by atoms with Crippen LogP contribution >= 0.6 is 0 Å². The van der Waals surface area contributed by atoms with Crippen LogP contribution in [-0.2, 0) is 7.05 Å². The number of amides is 1. The first-order valence-corrected chi connectivity index (χ1v) is 7.66. The maximum atomic E-state index is 12.8. The van der Waals surface area contributed by atoms with Gasteiger partial charge in [-0.25, -0.2) is 9.97 Å². The summed E-state index contributed by atoms with van der Waals surface area (Å²) < 4.78 is 6.57. The van der Waals surface area contributed by atoms with Crippen LogP contribution in [0.4, 0.5) is 5.95 Å². The first kappa shape index (κ1) is 16.0. The predicted molar refractivity (Wildman–Crippen MR) is 88.4 cm³/mol. The summed E-state index contributed by atoms with van der Waals surface area (Å²) in [5.74, 6) is 0.831. The van der Waals surface area contributed by atoms with Gasteiger partial charge >= 0.3 is 0 Å². The van der Waals surface area contributed by atoms with Gasteiger partial charge < -0.3 is 19.1 Å². The van der Waals surface area contributed by atoms with Crippen molar-refractivity contribution in [2.45, 2.75) is 0 Å². The zero-order chi connectivity index (χ0) is 17.1. The van der Waals surface area contributed by atoms with Crippen LogP contribution in [0.5, 0.6) is 5.75 Å². The Labute approximate surface area is 139 Å². The molecular weight excluding hydrogens is 310 g/mol. The Morgan fingerprint density at radius 1 is 1.17 bits per heavy atom. The third-order valence-corrected chi connectivity index (χ3v) is 4.04. The minimum Gasteiger partial charge on any atom is -0.496 e. The predicted octanol–water partition coefficient (Wildman–Crippen LogP) is 0.146. The standard InChI is InChI=1S/C16H19N5O3/c1-19-11-12(13(24-2)10-14(19)22)15(23)20-6-8-21(9-7-20)16-17-4-3-5-18-16/h3-5,10-11H,6-9H2,1-2H3. The van der Waals surface area contributed by atoms with Gasteiger partial charge in [-0.1, -0.05) is 0 Å². The molecule has 0 aliphatic carbocycles. The number of nitrogens with zero attached hydrogens (tertiary/aromatic N) is 5. The molecule has 1 aliphatic heterocycles. The van der Waals surface area contributed by atoms with Crippen LogP contribution < -0.4 is 15.2 Å². The van der Waals surface area contributed by atoms with Crippen molar-refractivity contribution in [3.8, 4) is 5.75 Å². The van der Waals surface area contributed by atoms with Crippen molar-refractivity contribution < 1.29 is 9.53 Å². The van der Waals surface area contributed by atoms with Crippen molar-refractivity contribution in [2.24, 2.45) is 7.05 Å². The average Bonchev–Trinajstić information content (AvgIpc) is 2.64. The normalized spacial score (nSPS) is 14.6. The van der Waals surface area contributed by atoms with E-state index in [2.05, 4.69) is 9.97 Å². The topological polar surface area (TPSA) is 80.6 Å². The Morgan fingerprint density at radius 2 is 1.83 bits per heavy atom. The summed E-state index contributed by atoms with van der Waals surface area (Å²) in [5, 5.41) is 0. The summed E-state index contributed by atoms with van der Waals surface area (Å²) in [6, 6.07) is 3.11. The first-order valence-electron chi connectivity index (χ1n) is 7.66. The molecule has 0 aromatic carbocycles. The molecule has 0 spiro atoms. The second-order valence-corrected chi connectivity index (χ2v) is 5.53. The summed E-state index contributed by atoms with van der Waals surface area (Å²) in [5.41, 5.74) is 0.179. The third-order valence-electron chi connectivity index (χ3n) is 4.04. The summed E-state index contributed by atoms with van der Waals surface area (Å²) >= 11 is 0. The highest BCUT2D eigenvalue weighted by atomic mass is 16.5. The lowest BCUT2D eigenvalue weighted by Gasteiger charge is -2.34. The summed E-state index contributed by atoms with van der Waals surface area (Å²) in [4.78, 5) is 36.7. The van der Waals surface area contributed by atoms with Crippen molar-refractivity contribution in [2.75, 3.05) is 38.2 Å². The van der Waals surface area contributed by atoms with Crippen LogP contribution in [-0.4, -0.2) is 58.6 Å². The van der Waals surface area contributed by atoms with E-state index in [9.17, 15) is 9.59 Å². The highest BCUT2D eigenvalue weighted by molar-refractivity contribution is 5.96. The molecule has 0 atom stereocenters. The number of carbonyl (C=O) groups excluding carboxylic acids is 1. The Hall–Kier alpha value is -2.90. The average molecular weight is 329 g/mol. The lowest BCUT2D eigenvalue weighted by atomic mass is 10.2. The molecule has 2 aromatic heterocycles. The van der Waals surface area contributed by atoms with Crippen LogP contribution in [0.2, 0.25) is 0 Å². The summed E-state index contributed by atoms with van der Waals surface area (Å²) in [6.07, 6.45) is 4.93. The van der Waals surface area contributed by atoms with Crippen LogP contribution in [0.3, 0.4) is 0 Å². The van der Waals surface area contributed by atoms with E-state index < -0.39 is 0 Å². The lowest BCUT2D eigenvalue weighted by molar-refractivity contribution is 0.0742. The zero-order valence-corrected chi connectivity index (χ0v) is 13.7. The maximum Gasteiger partial charge on any atom is 0.259 e. The number of carbonyl (C=O) groups is 1. The van der Waals surface area contributed by atoms with Crippen molar-refractivity contribution in [3.05, 3.63) is 46.6 Å². The molecule has 0 radical (unpaired) electrons. The number of piperazine rings is 1. The molecule has 24 heavy (non-hydrogen) atoms. The van der Waals surface area contributed by atoms with Crippen molar-refractivity contribution >= 4 is 11.9 Å². The van der Waals surface area contributed by atoms with Gasteiger partial charge in [0, 0.05) is 57.9 Å². The fourth-order valence-electron chi connectivity index (χ4n) is 2.68. The van der Waals surface area contributed by atoms with E-state index in [0.29, 0.717) is 43.4 Å². The molecule has 0 N–H and O–H groups in total. The molecule has 3 rings (SSSR count). The van der Waals surface area contributed by atoms with Crippen molar-refractivity contribution in [3.63, 3.8) is 0 Å². The molecule has 2 aromatic rings. The number of aryl methyl sites for hydroxylation is 1. The summed E-state index contributed by atoms with van der Waals surface area (Å²) in [6.45, 7) is 2.43. The molecule has 0 saturated carbocycles. The van der Waals surface area contributed by atoms with E-state index in [1.807, 2.05) is 4.90 Å². The molecule has 126 valence electrons. The minimum atomic E-state index is -0.213. The number of hydrogen-bond donors (Lipinski definition) is 0. The number of hydrogen-bond acceptors (Lipinski definition) is 6. The number of pyridine rings is 1. The first-order chi connectivity index (χ1) is 11.6. The Kier molecular flexibility index (Phi) is 4.45. The Morgan fingerprint density at radius 3 is 2.46 bits per heavy atom. The van der Waals surface area contributed by atoms with Gasteiger partial charge in [0.25, 0.3) is 11.5 Å². The van der Waals surface area contributed by atoms with Gasteiger partial charge in [-0.15, -0.1) is 0 Å². The number of ether oxygens (including phenoxy) is 1. The number of aromatic nitrogens is 3. The number of rotatable bonds is 3. The third kappa shape index (κ3) is 3.08. The van der Waals surface area contributed by atoms with E-state index in [-0.39, 0.29) is 11.5 Å². The number of anilines is 1. The molecule has 1 saturated heterocycles.